The normalized spacial score (nSPS) is 12.5. The van der Waals surface area contributed by atoms with Crippen molar-refractivity contribution in [2.24, 2.45) is 0 Å². The van der Waals surface area contributed by atoms with Gasteiger partial charge in [0.25, 0.3) is 0 Å². The van der Waals surface area contributed by atoms with Gasteiger partial charge in [0.05, 0.1) is 6.07 Å². The van der Waals surface area contributed by atoms with E-state index in [9.17, 15) is 24.8 Å². The Morgan fingerprint density at radius 1 is 1.10 bits per heavy atom. The number of unbranched alkanes of at least 4 members (excludes halogenated alkanes) is 1. The molecule has 0 aliphatic carbocycles. The van der Waals surface area contributed by atoms with E-state index >= 15 is 0 Å². The highest BCUT2D eigenvalue weighted by molar-refractivity contribution is 5.92. The van der Waals surface area contributed by atoms with Crippen molar-refractivity contribution < 1.29 is 24.2 Å². The predicted molar refractivity (Wildman–Crippen MR) is 149 cm³/mol. The molecule has 2 aromatic carbocycles. The molecule has 39 heavy (non-hydrogen) atoms. The molecule has 0 aliphatic rings. The molecule has 3 N–H and O–H groups in total. The Morgan fingerprint density at radius 3 is 2.33 bits per heavy atom. The zero-order valence-corrected chi connectivity index (χ0v) is 23.7. The molecule has 0 bridgehead atoms. The van der Waals surface area contributed by atoms with E-state index in [1.807, 2.05) is 39.0 Å². The van der Waals surface area contributed by atoms with Crippen molar-refractivity contribution in [3.63, 3.8) is 0 Å². The maximum Gasteiger partial charge on any atom is 0.408 e. The number of carbonyl (C=O) groups is 3. The molecular weight excluding hydrogens is 496 g/mol. The first-order valence-corrected chi connectivity index (χ1v) is 13.2. The Labute approximate surface area is 231 Å². The summed E-state index contributed by atoms with van der Waals surface area (Å²) in [6.45, 7) is 11.0. The lowest BCUT2D eigenvalue weighted by Crippen LogP contribution is -2.54. The summed E-state index contributed by atoms with van der Waals surface area (Å²) < 4.78 is 5.40. The van der Waals surface area contributed by atoms with Gasteiger partial charge in [0.2, 0.25) is 11.8 Å². The van der Waals surface area contributed by atoms with Crippen LogP contribution in [0.5, 0.6) is 5.75 Å². The molecule has 0 radical (unpaired) electrons. The molecule has 2 atom stereocenters. The minimum atomic E-state index is -1.14. The average molecular weight is 537 g/mol. The van der Waals surface area contributed by atoms with Crippen LogP contribution in [0.2, 0.25) is 0 Å². The highest BCUT2D eigenvalue weighted by atomic mass is 16.6. The van der Waals surface area contributed by atoms with Gasteiger partial charge >= 0.3 is 6.09 Å². The Balaban J connectivity index is 2.54. The highest BCUT2D eigenvalue weighted by Crippen LogP contribution is 2.27. The number of hydrogen-bond donors (Lipinski definition) is 3. The largest absolute Gasteiger partial charge is 0.508 e. The van der Waals surface area contributed by atoms with Crippen LogP contribution in [0.4, 0.5) is 4.79 Å². The zero-order valence-electron chi connectivity index (χ0n) is 23.7. The molecule has 9 nitrogen and oxygen atoms in total. The van der Waals surface area contributed by atoms with Crippen LogP contribution in [0.15, 0.2) is 42.5 Å². The van der Waals surface area contributed by atoms with Crippen molar-refractivity contribution in [1.29, 1.82) is 5.26 Å². The molecule has 9 heteroatoms. The summed E-state index contributed by atoms with van der Waals surface area (Å²) in [5.74, 6) is -0.947. The summed E-state index contributed by atoms with van der Waals surface area (Å²) in [7, 11) is 0. The fraction of sp³-hybridized carbons (Fsp3) is 0.467. The molecule has 0 saturated heterocycles. The molecule has 3 amide bonds. The number of aromatic hydroxyl groups is 1. The minimum absolute atomic E-state index is 0.0529. The van der Waals surface area contributed by atoms with Crippen molar-refractivity contribution in [2.45, 2.75) is 78.5 Å². The molecule has 0 fully saturated rings. The number of amides is 3. The summed E-state index contributed by atoms with van der Waals surface area (Å²) in [6, 6.07) is 11.6. The van der Waals surface area contributed by atoms with Gasteiger partial charge in [-0.15, -0.1) is 0 Å². The lowest BCUT2D eigenvalue weighted by atomic mass is 9.95. The van der Waals surface area contributed by atoms with E-state index in [2.05, 4.69) is 10.6 Å². The van der Waals surface area contributed by atoms with Crippen LogP contribution in [0.25, 0.3) is 0 Å². The van der Waals surface area contributed by atoms with Gasteiger partial charge < -0.3 is 25.4 Å². The molecule has 0 aromatic heterocycles. The first-order valence-electron chi connectivity index (χ1n) is 13.2. The third kappa shape index (κ3) is 9.64. The van der Waals surface area contributed by atoms with Crippen LogP contribution in [0.1, 0.15) is 68.8 Å². The Morgan fingerprint density at radius 2 is 1.77 bits per heavy atom. The molecule has 0 saturated carbocycles. The fourth-order valence-corrected chi connectivity index (χ4v) is 4.16. The number of nitrogens with one attached hydrogen (secondary N) is 2. The number of benzene rings is 2. The van der Waals surface area contributed by atoms with Crippen molar-refractivity contribution >= 4 is 17.9 Å². The predicted octanol–water partition coefficient (Wildman–Crippen LogP) is 4.45. The number of aryl methyl sites for hydroxylation is 2. The van der Waals surface area contributed by atoms with Gasteiger partial charge in [0, 0.05) is 13.0 Å². The van der Waals surface area contributed by atoms with Crippen LogP contribution in [-0.4, -0.2) is 52.6 Å². The Kier molecular flexibility index (Phi) is 11.3. The number of phenols is 1. The quantitative estimate of drug-likeness (QED) is 0.287. The van der Waals surface area contributed by atoms with Crippen LogP contribution in [0.3, 0.4) is 0 Å². The fourth-order valence-electron chi connectivity index (χ4n) is 4.16. The molecule has 2 unspecified atom stereocenters. The lowest BCUT2D eigenvalue weighted by Gasteiger charge is -2.33. The van der Waals surface area contributed by atoms with Gasteiger partial charge in [0.15, 0.2) is 0 Å². The summed E-state index contributed by atoms with van der Waals surface area (Å²) in [5.41, 5.74) is 2.25. The summed E-state index contributed by atoms with van der Waals surface area (Å²) in [6.07, 6.45) is 0.898. The number of nitrogens with zero attached hydrogens (tertiary/aromatic N) is 2. The number of alkyl carbamates (subject to hydrolysis) is 1. The van der Waals surface area contributed by atoms with Crippen molar-refractivity contribution in [1.82, 2.24) is 15.5 Å². The zero-order chi connectivity index (χ0) is 29.2. The van der Waals surface area contributed by atoms with Crippen LogP contribution in [-0.2, 0) is 20.7 Å². The first kappa shape index (κ1) is 31.2. The molecule has 210 valence electrons. The monoisotopic (exact) mass is 536 g/mol. The number of rotatable bonds is 11. The van der Waals surface area contributed by atoms with Gasteiger partial charge in [-0.25, -0.2) is 4.79 Å². The summed E-state index contributed by atoms with van der Waals surface area (Å²) >= 11 is 0. The van der Waals surface area contributed by atoms with Crippen molar-refractivity contribution in [3.8, 4) is 11.8 Å². The van der Waals surface area contributed by atoms with E-state index in [0.717, 1.165) is 24.0 Å². The number of hydrogen-bond acceptors (Lipinski definition) is 6. The van der Waals surface area contributed by atoms with E-state index in [1.165, 1.54) is 17.0 Å². The molecule has 2 rings (SSSR count). The van der Waals surface area contributed by atoms with Gasteiger partial charge in [-0.3, -0.25) is 9.59 Å². The van der Waals surface area contributed by atoms with Gasteiger partial charge in [-0.2, -0.15) is 5.26 Å². The number of nitriles is 1. The minimum Gasteiger partial charge on any atom is -0.508 e. The Bertz CT molecular complexity index is 1180. The number of ether oxygens (including phenoxy) is 1. The van der Waals surface area contributed by atoms with Crippen molar-refractivity contribution in [3.05, 3.63) is 64.7 Å². The average Bonchev–Trinajstić information content (AvgIpc) is 2.84. The topological polar surface area (TPSA) is 132 Å². The molecule has 0 spiro atoms. The van der Waals surface area contributed by atoms with Gasteiger partial charge in [0.1, 0.15) is 30.0 Å². The standard InChI is InChI=1S/C30H40N4O5/c1-7-8-16-32-27(36)26(24-14-9-20(2)18-21(24)3)34(17-15-31)28(37)25(33-29(38)39-30(4,5)6)19-22-10-12-23(35)13-11-22/h9-14,18,25-26,35H,7-8,16-17,19H2,1-6H3,(H,32,36)(H,33,38). The summed E-state index contributed by atoms with van der Waals surface area (Å²) in [5, 5.41) is 24.9. The summed E-state index contributed by atoms with van der Waals surface area (Å²) in [4.78, 5) is 41.6. The smallest absolute Gasteiger partial charge is 0.408 e. The maximum absolute atomic E-state index is 14.1. The van der Waals surface area contributed by atoms with Gasteiger partial charge in [-0.1, -0.05) is 49.2 Å². The van der Waals surface area contributed by atoms with E-state index in [-0.39, 0.29) is 18.7 Å². The molecule has 0 aliphatic heterocycles. The second-order valence-electron chi connectivity index (χ2n) is 10.6. The maximum atomic E-state index is 14.1. The lowest BCUT2D eigenvalue weighted by molar-refractivity contribution is -0.141. The molecule has 2 aromatic rings. The van der Waals surface area contributed by atoms with E-state index in [4.69, 9.17) is 4.74 Å². The van der Waals surface area contributed by atoms with E-state index < -0.39 is 35.6 Å². The molecule has 0 heterocycles. The highest BCUT2D eigenvalue weighted by Gasteiger charge is 2.37. The van der Waals surface area contributed by atoms with Gasteiger partial charge in [-0.05, 0) is 69.9 Å². The molecular formula is C30H40N4O5. The van der Waals surface area contributed by atoms with Crippen LogP contribution < -0.4 is 10.6 Å². The van der Waals surface area contributed by atoms with Crippen LogP contribution >= 0.6 is 0 Å². The third-order valence-electron chi connectivity index (χ3n) is 6.00. The number of carbonyl (C=O) groups excluding carboxylic acids is 3. The second-order valence-corrected chi connectivity index (χ2v) is 10.6. The van der Waals surface area contributed by atoms with E-state index in [1.54, 1.807) is 39.0 Å². The van der Waals surface area contributed by atoms with Crippen molar-refractivity contribution in [2.75, 3.05) is 13.1 Å². The Hall–Kier alpha value is -4.06. The second kappa shape index (κ2) is 14.2. The van der Waals surface area contributed by atoms with Crippen LogP contribution in [0, 0.1) is 25.2 Å². The first-order chi connectivity index (χ1) is 18.4. The SMILES string of the molecule is CCCCNC(=O)C(c1ccc(C)cc1C)N(CC#N)C(=O)C(Cc1ccc(O)cc1)NC(=O)OC(C)(C)C. The number of phenolic OH excluding ortho intramolecular Hbond substituents is 1. The van der Waals surface area contributed by atoms with E-state index in [0.29, 0.717) is 17.7 Å². The third-order valence-corrected chi connectivity index (χ3v) is 6.00.